The maximum atomic E-state index is 13.4. The van der Waals surface area contributed by atoms with Gasteiger partial charge in [0.1, 0.15) is 33.7 Å². The van der Waals surface area contributed by atoms with Crippen LogP contribution in [0.25, 0.3) is 6.08 Å². The number of phenolic OH excluding ortho intramolecular Hbond substituents is 1. The number of hydrogen-bond donors (Lipinski definition) is 2. The molecule has 1 aliphatic heterocycles. The summed E-state index contributed by atoms with van der Waals surface area (Å²) in [4.78, 5) is 16.8. The minimum Gasteiger partial charge on any atom is -0.508 e. The molecule has 1 heterocycles. The number of halogens is 1. The Bertz CT molecular complexity index is 1030. The van der Waals surface area contributed by atoms with E-state index in [-0.39, 0.29) is 22.1 Å². The van der Waals surface area contributed by atoms with E-state index in [9.17, 15) is 19.4 Å². The van der Waals surface area contributed by atoms with Crippen molar-refractivity contribution in [1.29, 1.82) is 0 Å². The second-order valence-corrected chi connectivity index (χ2v) is 6.68. The predicted molar refractivity (Wildman–Crippen MR) is 105 cm³/mol. The number of esters is 1. The normalized spacial score (nSPS) is 16.7. The van der Waals surface area contributed by atoms with E-state index in [2.05, 4.69) is 4.99 Å². The molecule has 0 fully saturated rings. The van der Waals surface area contributed by atoms with Crippen molar-refractivity contribution >= 4 is 34.5 Å². The highest BCUT2D eigenvalue weighted by Gasteiger charge is 2.33. The number of aliphatic hydroxyl groups is 1. The lowest BCUT2D eigenvalue weighted by Crippen LogP contribution is -2.10. The lowest BCUT2D eigenvalue weighted by molar-refractivity contribution is -0.135. The molecule has 2 N–H and O–H groups in total. The van der Waals surface area contributed by atoms with Crippen molar-refractivity contribution in [3.63, 3.8) is 0 Å². The fraction of sp³-hybridized carbons (Fsp3) is 0.100. The molecule has 0 saturated heterocycles. The third kappa shape index (κ3) is 4.01. The summed E-state index contributed by atoms with van der Waals surface area (Å²) in [6, 6.07) is 10.1. The molecule has 0 spiro atoms. The van der Waals surface area contributed by atoms with Crippen molar-refractivity contribution < 1.29 is 28.9 Å². The summed E-state index contributed by atoms with van der Waals surface area (Å²) in [5.41, 5.74) is 0.756. The molecule has 28 heavy (non-hydrogen) atoms. The number of aliphatic hydroxyl groups excluding tert-OH is 1. The fourth-order valence-electron chi connectivity index (χ4n) is 2.51. The molecule has 0 radical (unpaired) electrons. The van der Waals surface area contributed by atoms with Gasteiger partial charge in [-0.15, -0.1) is 0 Å². The van der Waals surface area contributed by atoms with Crippen molar-refractivity contribution in [2.24, 2.45) is 4.99 Å². The molecular formula is C20H16FNO5S. The van der Waals surface area contributed by atoms with Gasteiger partial charge >= 0.3 is 5.97 Å². The minimum absolute atomic E-state index is 0.0291. The molecule has 2 aromatic carbocycles. The quantitative estimate of drug-likeness (QED) is 0.741. The zero-order valence-corrected chi connectivity index (χ0v) is 15.8. The van der Waals surface area contributed by atoms with E-state index in [0.717, 1.165) is 11.8 Å². The average molecular weight is 401 g/mol. The summed E-state index contributed by atoms with van der Waals surface area (Å²) in [7, 11) is 2.64. The van der Waals surface area contributed by atoms with Gasteiger partial charge in [0.15, 0.2) is 0 Å². The van der Waals surface area contributed by atoms with Crippen LogP contribution in [0.4, 0.5) is 10.1 Å². The topological polar surface area (TPSA) is 88.4 Å². The van der Waals surface area contributed by atoms with E-state index in [1.807, 2.05) is 0 Å². The standard InChI is InChI=1S/C20H16FNO5S/c1-26-15-10-14(23)7-6-11(15)8-16-18(24)17(20(25)27-2)19(28-16)22-13-5-3-4-12(21)9-13/h3-10,23-24H,1-2H3. The third-order valence-corrected chi connectivity index (χ3v) is 4.84. The molecule has 8 heteroatoms. The molecule has 0 unspecified atom stereocenters. The number of aromatic hydroxyl groups is 1. The van der Waals surface area contributed by atoms with Crippen molar-refractivity contribution in [3.8, 4) is 11.5 Å². The summed E-state index contributed by atoms with van der Waals surface area (Å²) in [6.07, 6.45) is 1.59. The maximum absolute atomic E-state index is 13.4. The molecule has 1 aliphatic rings. The van der Waals surface area contributed by atoms with E-state index in [1.165, 1.54) is 44.6 Å². The van der Waals surface area contributed by atoms with Gasteiger partial charge in [-0.3, -0.25) is 0 Å². The van der Waals surface area contributed by atoms with Crippen LogP contribution in [0.5, 0.6) is 11.5 Å². The predicted octanol–water partition coefficient (Wildman–Crippen LogP) is 4.34. The van der Waals surface area contributed by atoms with Crippen molar-refractivity contribution in [3.05, 3.63) is 70.1 Å². The van der Waals surface area contributed by atoms with E-state index >= 15 is 0 Å². The third-order valence-electron chi connectivity index (χ3n) is 3.82. The fourth-order valence-corrected chi connectivity index (χ4v) is 3.54. The molecular weight excluding hydrogens is 385 g/mol. The first-order chi connectivity index (χ1) is 13.4. The summed E-state index contributed by atoms with van der Waals surface area (Å²) < 4.78 is 23.4. The highest BCUT2D eigenvalue weighted by Crippen LogP contribution is 2.41. The van der Waals surface area contributed by atoms with Gasteiger partial charge in [0.2, 0.25) is 0 Å². The molecule has 0 aliphatic carbocycles. The van der Waals surface area contributed by atoms with Gasteiger partial charge in [-0.1, -0.05) is 17.8 Å². The van der Waals surface area contributed by atoms with Gasteiger partial charge in [-0.2, -0.15) is 0 Å². The number of benzene rings is 2. The van der Waals surface area contributed by atoms with Gasteiger partial charge in [0.25, 0.3) is 0 Å². The van der Waals surface area contributed by atoms with E-state index in [4.69, 9.17) is 9.47 Å². The summed E-state index contributed by atoms with van der Waals surface area (Å²) in [5.74, 6) is -1.12. The van der Waals surface area contributed by atoms with Gasteiger partial charge < -0.3 is 19.7 Å². The molecule has 0 saturated carbocycles. The van der Waals surface area contributed by atoms with Crippen LogP contribution < -0.4 is 4.74 Å². The zero-order valence-electron chi connectivity index (χ0n) is 15.0. The SMILES string of the molecule is COC(=O)C1=C(O)C(=Cc2ccc(O)cc2OC)SC1=Nc1cccc(F)c1. The second-order valence-electron chi connectivity index (χ2n) is 5.65. The Morgan fingerprint density at radius 2 is 1.96 bits per heavy atom. The van der Waals surface area contributed by atoms with E-state index < -0.39 is 11.8 Å². The number of rotatable bonds is 4. The van der Waals surface area contributed by atoms with Crippen LogP contribution in [0.3, 0.4) is 0 Å². The van der Waals surface area contributed by atoms with Gasteiger partial charge in [-0.25, -0.2) is 14.2 Å². The first kappa shape index (κ1) is 19.5. The van der Waals surface area contributed by atoms with Crippen LogP contribution in [0, 0.1) is 5.82 Å². The zero-order chi connectivity index (χ0) is 20.3. The van der Waals surface area contributed by atoms with Crippen molar-refractivity contribution in [1.82, 2.24) is 0 Å². The number of thioether (sulfide) groups is 1. The Labute approximate surface area is 164 Å². The Balaban J connectivity index is 2.08. The van der Waals surface area contributed by atoms with Crippen molar-refractivity contribution in [2.75, 3.05) is 14.2 Å². The number of nitrogens with zero attached hydrogens (tertiary/aromatic N) is 1. The lowest BCUT2D eigenvalue weighted by atomic mass is 10.1. The number of phenols is 1. The molecule has 0 aromatic heterocycles. The van der Waals surface area contributed by atoms with Crippen LogP contribution in [-0.2, 0) is 9.53 Å². The minimum atomic E-state index is -0.763. The molecule has 0 amide bonds. The van der Waals surface area contributed by atoms with Gasteiger partial charge in [-0.05, 0) is 36.4 Å². The summed E-state index contributed by atoms with van der Waals surface area (Å²) in [6.45, 7) is 0. The maximum Gasteiger partial charge on any atom is 0.344 e. The monoisotopic (exact) mass is 401 g/mol. The van der Waals surface area contributed by atoms with Crippen LogP contribution >= 0.6 is 11.8 Å². The number of carbonyl (C=O) groups is 1. The molecule has 144 valence electrons. The highest BCUT2D eigenvalue weighted by molar-refractivity contribution is 8.18. The number of methoxy groups -OCH3 is 2. The second kappa shape index (κ2) is 8.18. The molecule has 6 nitrogen and oxygen atoms in total. The summed E-state index contributed by atoms with van der Waals surface area (Å²) >= 11 is 1.04. The smallest absolute Gasteiger partial charge is 0.344 e. The van der Waals surface area contributed by atoms with E-state index in [0.29, 0.717) is 21.9 Å². The van der Waals surface area contributed by atoms with Crippen LogP contribution in [0.1, 0.15) is 5.56 Å². The summed E-state index contributed by atoms with van der Waals surface area (Å²) in [5, 5.41) is 20.3. The van der Waals surface area contributed by atoms with Crippen LogP contribution in [0.2, 0.25) is 0 Å². The molecule has 0 bridgehead atoms. The average Bonchev–Trinajstić information content (AvgIpc) is 2.97. The molecule has 2 aromatic rings. The van der Waals surface area contributed by atoms with Gasteiger partial charge in [0, 0.05) is 11.6 Å². The Hall–Kier alpha value is -3.26. The number of carbonyl (C=O) groups excluding carboxylic acids is 1. The Morgan fingerprint density at radius 1 is 1.18 bits per heavy atom. The highest BCUT2D eigenvalue weighted by atomic mass is 32.2. The lowest BCUT2D eigenvalue weighted by Gasteiger charge is -2.06. The number of ether oxygens (including phenoxy) is 2. The number of aliphatic imine (C=N–C) groups is 1. The largest absolute Gasteiger partial charge is 0.508 e. The first-order valence-electron chi connectivity index (χ1n) is 8.06. The van der Waals surface area contributed by atoms with Crippen LogP contribution in [-0.4, -0.2) is 35.4 Å². The molecule has 3 rings (SSSR count). The van der Waals surface area contributed by atoms with E-state index in [1.54, 1.807) is 18.2 Å². The van der Waals surface area contributed by atoms with Crippen molar-refractivity contribution in [2.45, 2.75) is 0 Å². The molecule has 0 atom stereocenters. The van der Waals surface area contributed by atoms with Crippen LogP contribution in [0.15, 0.2) is 63.7 Å². The Kier molecular flexibility index (Phi) is 5.70. The van der Waals surface area contributed by atoms with Gasteiger partial charge in [0.05, 0.1) is 24.8 Å². The Morgan fingerprint density at radius 3 is 2.64 bits per heavy atom. The first-order valence-corrected chi connectivity index (χ1v) is 8.87. The number of hydrogen-bond acceptors (Lipinski definition) is 7.